The van der Waals surface area contributed by atoms with Gasteiger partial charge in [-0.2, -0.15) is 0 Å². The van der Waals surface area contributed by atoms with Gasteiger partial charge in [0.05, 0.1) is 11.8 Å². The molecule has 0 aromatic carbocycles. The van der Waals surface area contributed by atoms with Crippen LogP contribution in [0, 0.1) is 5.92 Å². The maximum absolute atomic E-state index is 10.5. The second-order valence-corrected chi connectivity index (χ2v) is 5.63. The van der Waals surface area contributed by atoms with E-state index in [9.17, 15) is 9.90 Å². The maximum atomic E-state index is 10.5. The van der Waals surface area contributed by atoms with E-state index >= 15 is 0 Å². The van der Waals surface area contributed by atoms with Crippen molar-refractivity contribution in [2.75, 3.05) is 0 Å². The van der Waals surface area contributed by atoms with Gasteiger partial charge >= 0.3 is 0 Å². The van der Waals surface area contributed by atoms with Crippen LogP contribution in [0.4, 0.5) is 0 Å². The minimum atomic E-state index is -0.147. The zero-order chi connectivity index (χ0) is 13.8. The number of aliphatic hydroxyl groups is 1. The van der Waals surface area contributed by atoms with Gasteiger partial charge in [0.1, 0.15) is 6.10 Å². The normalized spacial score (nSPS) is 29.0. The molecule has 5 nitrogen and oxygen atoms in total. The van der Waals surface area contributed by atoms with Gasteiger partial charge in [0, 0.05) is 18.0 Å². The topological polar surface area (TPSA) is 70.9 Å². The Balaban J connectivity index is 1.75. The highest BCUT2D eigenvalue weighted by Crippen LogP contribution is 2.35. The van der Waals surface area contributed by atoms with E-state index in [4.69, 9.17) is 4.84 Å². The molecule has 1 saturated carbocycles. The zero-order valence-electron chi connectivity index (χ0n) is 11.6. The fourth-order valence-corrected chi connectivity index (χ4v) is 2.59. The number of carbonyl (C=O) groups is 1. The third kappa shape index (κ3) is 3.56. The predicted octanol–water partition coefficient (Wildman–Crippen LogP) is 1.72. The van der Waals surface area contributed by atoms with Gasteiger partial charge in [-0.3, -0.25) is 4.79 Å². The highest BCUT2D eigenvalue weighted by Gasteiger charge is 2.38. The van der Waals surface area contributed by atoms with E-state index in [0.29, 0.717) is 12.3 Å². The van der Waals surface area contributed by atoms with Gasteiger partial charge in [-0.05, 0) is 39.5 Å². The van der Waals surface area contributed by atoms with Gasteiger partial charge in [-0.15, -0.1) is 0 Å². The number of allylic oxidation sites excluding steroid dienone is 2. The van der Waals surface area contributed by atoms with E-state index in [1.165, 1.54) is 0 Å². The van der Waals surface area contributed by atoms with Crippen molar-refractivity contribution < 1.29 is 14.7 Å². The van der Waals surface area contributed by atoms with Crippen LogP contribution in [0.5, 0.6) is 0 Å². The molecule has 0 saturated heterocycles. The molecule has 2 aliphatic rings. The smallest absolute Gasteiger partial charge is 0.211 e. The number of hydrogen-bond donors (Lipinski definition) is 2. The molecule has 1 amide bonds. The second-order valence-electron chi connectivity index (χ2n) is 5.63. The lowest BCUT2D eigenvalue weighted by Gasteiger charge is -2.34. The Hall–Kier alpha value is -1.36. The largest absolute Gasteiger partial charge is 0.393 e. The van der Waals surface area contributed by atoms with Gasteiger partial charge in [0.15, 0.2) is 0 Å². The molecule has 19 heavy (non-hydrogen) atoms. The summed E-state index contributed by atoms with van der Waals surface area (Å²) in [5.74, 6) is 0.451. The fraction of sp³-hybridized carbons (Fsp3) is 0.714. The highest BCUT2D eigenvalue weighted by molar-refractivity contribution is 5.85. The van der Waals surface area contributed by atoms with Crippen LogP contribution in [0.25, 0.3) is 0 Å². The van der Waals surface area contributed by atoms with E-state index in [0.717, 1.165) is 49.1 Å². The molecule has 0 radical (unpaired) electrons. The zero-order valence-corrected chi connectivity index (χ0v) is 11.6. The third-order valence-electron chi connectivity index (χ3n) is 3.93. The van der Waals surface area contributed by atoms with Crippen LogP contribution in [0.3, 0.4) is 0 Å². The third-order valence-corrected chi connectivity index (χ3v) is 3.93. The average molecular weight is 266 g/mol. The monoisotopic (exact) mass is 266 g/mol. The molecular weight excluding hydrogens is 244 g/mol. The molecule has 1 unspecified atom stereocenters. The molecule has 2 rings (SSSR count). The minimum absolute atomic E-state index is 0.146. The Kier molecular flexibility index (Phi) is 4.58. The first-order valence-corrected chi connectivity index (χ1v) is 6.86. The number of hydrogen-bond acceptors (Lipinski definition) is 4. The molecule has 0 aromatic rings. The summed E-state index contributed by atoms with van der Waals surface area (Å²) in [7, 11) is 0. The first-order valence-electron chi connectivity index (χ1n) is 6.86. The number of carbonyl (C=O) groups excluding carboxylic acids is 1. The Morgan fingerprint density at radius 3 is 2.84 bits per heavy atom. The van der Waals surface area contributed by atoms with Gasteiger partial charge in [0.25, 0.3) is 0 Å². The van der Waals surface area contributed by atoms with Crippen molar-refractivity contribution in [2.24, 2.45) is 11.1 Å². The van der Waals surface area contributed by atoms with Crippen LogP contribution in [0.1, 0.15) is 46.0 Å². The highest BCUT2D eigenvalue weighted by atomic mass is 16.6. The van der Waals surface area contributed by atoms with E-state index in [-0.39, 0.29) is 12.2 Å². The van der Waals surface area contributed by atoms with Crippen LogP contribution < -0.4 is 5.32 Å². The number of rotatable bonds is 6. The number of nitrogens with one attached hydrogen (secondary N) is 1. The predicted molar refractivity (Wildman–Crippen MR) is 72.5 cm³/mol. The summed E-state index contributed by atoms with van der Waals surface area (Å²) < 4.78 is 0. The van der Waals surface area contributed by atoms with Crippen LogP contribution in [0.15, 0.2) is 16.4 Å². The summed E-state index contributed by atoms with van der Waals surface area (Å²) in [5.41, 5.74) is 3.13. The summed E-state index contributed by atoms with van der Waals surface area (Å²) in [6.07, 6.45) is 4.83. The minimum Gasteiger partial charge on any atom is -0.393 e. The first-order chi connectivity index (χ1) is 9.10. The quantitative estimate of drug-likeness (QED) is 0.719. The average Bonchev–Trinajstić information content (AvgIpc) is 2.78. The standard InChI is InChI=1S/C14H22N2O3/c1-9(2)13(15-8-17)4-3-11-7-14(19-16-11)10-5-12(18)6-10/h8,10,12,14,18H,3-7H2,1-2H3,(H,15,17). The molecular formula is C14H22N2O3. The maximum Gasteiger partial charge on any atom is 0.211 e. The number of aliphatic hydroxyl groups excluding tert-OH is 1. The summed E-state index contributed by atoms with van der Waals surface area (Å²) in [6.45, 7) is 3.97. The molecule has 1 aliphatic heterocycles. The van der Waals surface area contributed by atoms with Crippen molar-refractivity contribution in [2.45, 2.75) is 58.2 Å². The van der Waals surface area contributed by atoms with Crippen LogP contribution in [-0.4, -0.2) is 29.4 Å². The van der Waals surface area contributed by atoms with Crippen LogP contribution in [0.2, 0.25) is 0 Å². The number of nitrogens with zero attached hydrogens (tertiary/aromatic N) is 1. The summed E-state index contributed by atoms with van der Waals surface area (Å²) in [6, 6.07) is 0. The van der Waals surface area contributed by atoms with Gasteiger partial charge in [-0.25, -0.2) is 0 Å². The molecule has 2 N–H and O–H groups in total. The van der Waals surface area contributed by atoms with Gasteiger partial charge < -0.3 is 15.3 Å². The van der Waals surface area contributed by atoms with Gasteiger partial charge in [-0.1, -0.05) is 10.7 Å². The molecule has 1 heterocycles. The van der Waals surface area contributed by atoms with E-state index in [1.54, 1.807) is 0 Å². The number of oxime groups is 1. The van der Waals surface area contributed by atoms with Crippen molar-refractivity contribution in [3.63, 3.8) is 0 Å². The van der Waals surface area contributed by atoms with Crippen molar-refractivity contribution in [3.8, 4) is 0 Å². The summed E-state index contributed by atoms with van der Waals surface area (Å²) >= 11 is 0. The first kappa shape index (κ1) is 14.1. The molecule has 0 bridgehead atoms. The van der Waals surface area contributed by atoms with E-state index < -0.39 is 0 Å². The molecule has 1 aliphatic carbocycles. The molecule has 0 aromatic heterocycles. The molecule has 1 atom stereocenters. The SMILES string of the molecule is CC(C)=C(CCC1=NOC(C2CC(O)C2)C1)NC=O. The van der Waals surface area contributed by atoms with Crippen molar-refractivity contribution in [1.82, 2.24) is 5.32 Å². The van der Waals surface area contributed by atoms with Crippen molar-refractivity contribution in [1.29, 1.82) is 0 Å². The van der Waals surface area contributed by atoms with E-state index in [1.807, 2.05) is 13.8 Å². The van der Waals surface area contributed by atoms with Gasteiger partial charge in [0.2, 0.25) is 6.41 Å². The summed E-state index contributed by atoms with van der Waals surface area (Å²) in [4.78, 5) is 16.0. The molecule has 0 spiro atoms. The molecule has 5 heteroatoms. The fourth-order valence-electron chi connectivity index (χ4n) is 2.59. The molecule has 1 fully saturated rings. The Morgan fingerprint density at radius 2 is 2.26 bits per heavy atom. The Bertz CT molecular complexity index is 393. The second kappa shape index (κ2) is 6.19. The lowest BCUT2D eigenvalue weighted by Crippen LogP contribution is -2.37. The number of amides is 1. The Labute approximate surface area is 113 Å². The van der Waals surface area contributed by atoms with Crippen LogP contribution in [-0.2, 0) is 9.63 Å². The van der Waals surface area contributed by atoms with Crippen molar-refractivity contribution >= 4 is 12.1 Å². The Morgan fingerprint density at radius 1 is 1.53 bits per heavy atom. The van der Waals surface area contributed by atoms with Crippen LogP contribution >= 0.6 is 0 Å². The van der Waals surface area contributed by atoms with Crippen molar-refractivity contribution in [3.05, 3.63) is 11.3 Å². The lowest BCUT2D eigenvalue weighted by molar-refractivity contribution is -0.109. The molecule has 106 valence electrons. The lowest BCUT2D eigenvalue weighted by atomic mass is 9.77. The van der Waals surface area contributed by atoms with E-state index in [2.05, 4.69) is 10.5 Å². The summed E-state index contributed by atoms with van der Waals surface area (Å²) in [5, 5.41) is 16.2.